The van der Waals surface area contributed by atoms with Gasteiger partial charge in [-0.3, -0.25) is 4.57 Å². The molecular formula is C40H38N4O. The standard InChI is InChI=1S/C40H38N4O/c1-6-35-40(28-12-9-8-10-13-28)36(7-2)44(42-35)30-14-11-15-31(24-30)45-32-17-18-33-34-23-29(26(3)4)16-19-37(34)43(38(33)25-32)39-22-27(5)20-21-41-39/h8-26H,6-7H2,1-5H3. The maximum absolute atomic E-state index is 6.57. The van der Waals surface area contributed by atoms with Gasteiger partial charge in [-0.05, 0) is 90.9 Å². The summed E-state index contributed by atoms with van der Waals surface area (Å²) in [6.45, 7) is 10.9. The van der Waals surface area contributed by atoms with Gasteiger partial charge < -0.3 is 4.74 Å². The Hall–Kier alpha value is -5.16. The molecule has 0 aliphatic carbocycles. The minimum absolute atomic E-state index is 0.444. The first-order valence-corrected chi connectivity index (χ1v) is 15.9. The van der Waals surface area contributed by atoms with Crippen LogP contribution >= 0.6 is 0 Å². The molecule has 0 amide bonds. The highest BCUT2D eigenvalue weighted by molar-refractivity contribution is 6.09. The number of nitrogens with zero attached hydrogens (tertiary/aromatic N) is 4. The van der Waals surface area contributed by atoms with Crippen molar-refractivity contribution in [3.63, 3.8) is 0 Å². The summed E-state index contributed by atoms with van der Waals surface area (Å²) in [5.41, 5.74) is 10.4. The zero-order valence-electron chi connectivity index (χ0n) is 26.6. The van der Waals surface area contributed by atoms with Crippen molar-refractivity contribution >= 4 is 21.8 Å². The monoisotopic (exact) mass is 590 g/mol. The topological polar surface area (TPSA) is 44.9 Å². The lowest BCUT2D eigenvalue weighted by Crippen LogP contribution is -2.02. The smallest absolute Gasteiger partial charge is 0.137 e. The number of fused-ring (bicyclic) bond motifs is 3. The third-order valence-electron chi connectivity index (χ3n) is 8.64. The highest BCUT2D eigenvalue weighted by Gasteiger charge is 2.19. The molecule has 0 fully saturated rings. The maximum atomic E-state index is 6.57. The van der Waals surface area contributed by atoms with Crippen LogP contribution in [0, 0.1) is 6.92 Å². The summed E-state index contributed by atoms with van der Waals surface area (Å²) in [4.78, 5) is 4.77. The molecule has 3 aromatic heterocycles. The van der Waals surface area contributed by atoms with E-state index in [4.69, 9.17) is 14.8 Å². The summed E-state index contributed by atoms with van der Waals surface area (Å²) in [6.07, 6.45) is 3.61. The van der Waals surface area contributed by atoms with Crippen molar-refractivity contribution in [3.8, 4) is 34.1 Å². The summed E-state index contributed by atoms with van der Waals surface area (Å²) in [6, 6.07) is 36.1. The number of ether oxygens (including phenoxy) is 1. The maximum Gasteiger partial charge on any atom is 0.137 e. The first-order chi connectivity index (χ1) is 21.9. The van der Waals surface area contributed by atoms with Crippen LogP contribution in [-0.2, 0) is 12.8 Å². The number of aromatic nitrogens is 4. The molecular weight excluding hydrogens is 552 g/mol. The van der Waals surface area contributed by atoms with Crippen molar-refractivity contribution in [2.75, 3.05) is 0 Å². The highest BCUT2D eigenvalue weighted by atomic mass is 16.5. The molecule has 0 N–H and O–H groups in total. The zero-order chi connectivity index (χ0) is 31.1. The van der Waals surface area contributed by atoms with Gasteiger partial charge in [-0.25, -0.2) is 9.67 Å². The summed E-state index contributed by atoms with van der Waals surface area (Å²) in [7, 11) is 0. The SMILES string of the molecule is CCc1nn(-c2cccc(Oc3ccc4c5cc(C(C)C)ccc5n(-c5cc(C)ccn5)c4c3)c2)c(CC)c1-c1ccccc1. The number of hydrogen-bond donors (Lipinski definition) is 0. The van der Waals surface area contributed by atoms with E-state index in [1.165, 1.54) is 38.7 Å². The van der Waals surface area contributed by atoms with Crippen LogP contribution in [-0.4, -0.2) is 19.3 Å². The van der Waals surface area contributed by atoms with Crippen LogP contribution < -0.4 is 4.74 Å². The van der Waals surface area contributed by atoms with E-state index in [2.05, 4.69) is 129 Å². The largest absolute Gasteiger partial charge is 0.457 e. The van der Waals surface area contributed by atoms with Gasteiger partial charge in [-0.1, -0.05) is 70.2 Å². The predicted molar refractivity (Wildman–Crippen MR) is 185 cm³/mol. The van der Waals surface area contributed by atoms with Crippen LogP contribution in [0.4, 0.5) is 0 Å². The normalized spacial score (nSPS) is 11.6. The van der Waals surface area contributed by atoms with E-state index < -0.39 is 0 Å². The van der Waals surface area contributed by atoms with Gasteiger partial charge in [0.25, 0.3) is 0 Å². The number of hydrogen-bond acceptors (Lipinski definition) is 3. The first kappa shape index (κ1) is 28.6. The number of aryl methyl sites for hydroxylation is 2. The Morgan fingerprint density at radius 2 is 1.56 bits per heavy atom. The van der Waals surface area contributed by atoms with E-state index in [0.717, 1.165) is 52.6 Å². The van der Waals surface area contributed by atoms with Gasteiger partial charge in [-0.15, -0.1) is 0 Å². The lowest BCUT2D eigenvalue weighted by atomic mass is 10.0. The van der Waals surface area contributed by atoms with Gasteiger partial charge >= 0.3 is 0 Å². The van der Waals surface area contributed by atoms with Gasteiger partial charge in [-0.2, -0.15) is 5.10 Å². The molecule has 0 atom stereocenters. The van der Waals surface area contributed by atoms with Gasteiger partial charge in [0, 0.05) is 34.7 Å². The molecule has 0 saturated carbocycles. The molecule has 0 aliphatic rings. The Bertz CT molecular complexity index is 2150. The van der Waals surface area contributed by atoms with Crippen LogP contribution in [0.15, 0.2) is 109 Å². The first-order valence-electron chi connectivity index (χ1n) is 15.9. The lowest BCUT2D eigenvalue weighted by Gasteiger charge is -2.12. The Morgan fingerprint density at radius 3 is 2.31 bits per heavy atom. The molecule has 0 saturated heterocycles. The molecule has 0 unspecified atom stereocenters. The molecule has 3 heterocycles. The minimum atomic E-state index is 0.444. The second-order valence-corrected chi connectivity index (χ2v) is 12.0. The Labute approximate surface area is 264 Å². The average Bonchev–Trinajstić information content (AvgIpc) is 3.60. The van der Waals surface area contributed by atoms with Crippen LogP contribution in [0.1, 0.15) is 56.1 Å². The van der Waals surface area contributed by atoms with Crippen LogP contribution in [0.2, 0.25) is 0 Å². The van der Waals surface area contributed by atoms with Crippen molar-refractivity contribution in [1.82, 2.24) is 19.3 Å². The van der Waals surface area contributed by atoms with Gasteiger partial charge in [0.05, 0.1) is 28.1 Å². The fourth-order valence-corrected chi connectivity index (χ4v) is 6.37. The van der Waals surface area contributed by atoms with Gasteiger partial charge in [0.1, 0.15) is 17.3 Å². The average molecular weight is 591 g/mol. The van der Waals surface area contributed by atoms with Gasteiger partial charge in [0.2, 0.25) is 0 Å². The Balaban J connectivity index is 1.31. The van der Waals surface area contributed by atoms with Crippen LogP contribution in [0.3, 0.4) is 0 Å². The van der Waals surface area contributed by atoms with E-state index in [1.807, 2.05) is 24.4 Å². The van der Waals surface area contributed by atoms with Crippen molar-refractivity contribution < 1.29 is 4.74 Å². The molecule has 0 aliphatic heterocycles. The van der Waals surface area contributed by atoms with E-state index >= 15 is 0 Å². The molecule has 224 valence electrons. The number of rotatable bonds is 8. The molecule has 0 spiro atoms. The third kappa shape index (κ3) is 5.18. The van der Waals surface area contributed by atoms with Crippen molar-refractivity contribution in [3.05, 3.63) is 132 Å². The summed E-state index contributed by atoms with van der Waals surface area (Å²) in [5, 5.41) is 7.49. The van der Waals surface area contributed by atoms with Crippen LogP contribution in [0.5, 0.6) is 11.5 Å². The summed E-state index contributed by atoms with van der Waals surface area (Å²) in [5.74, 6) is 2.89. The predicted octanol–water partition coefficient (Wildman–Crippen LogP) is 10.4. The molecule has 0 bridgehead atoms. The lowest BCUT2D eigenvalue weighted by molar-refractivity contribution is 0.482. The summed E-state index contributed by atoms with van der Waals surface area (Å²) >= 11 is 0. The van der Waals surface area contributed by atoms with E-state index in [0.29, 0.717) is 5.92 Å². The molecule has 4 aromatic carbocycles. The summed E-state index contributed by atoms with van der Waals surface area (Å²) < 4.78 is 10.9. The van der Waals surface area contributed by atoms with Crippen molar-refractivity contribution in [2.24, 2.45) is 0 Å². The second kappa shape index (κ2) is 11.7. The third-order valence-corrected chi connectivity index (χ3v) is 8.64. The Kier molecular flexibility index (Phi) is 7.46. The molecule has 0 radical (unpaired) electrons. The fourth-order valence-electron chi connectivity index (χ4n) is 6.37. The zero-order valence-corrected chi connectivity index (χ0v) is 26.6. The minimum Gasteiger partial charge on any atom is -0.457 e. The van der Waals surface area contributed by atoms with Crippen molar-refractivity contribution in [2.45, 2.75) is 53.4 Å². The van der Waals surface area contributed by atoms with Crippen molar-refractivity contribution in [1.29, 1.82) is 0 Å². The quantitative estimate of drug-likeness (QED) is 0.177. The molecule has 5 heteroatoms. The van der Waals surface area contributed by atoms with E-state index in [1.54, 1.807) is 0 Å². The number of pyridine rings is 1. The molecule has 7 aromatic rings. The fraction of sp³-hybridized carbons (Fsp3) is 0.200. The highest BCUT2D eigenvalue weighted by Crippen LogP contribution is 2.37. The molecule has 45 heavy (non-hydrogen) atoms. The van der Waals surface area contributed by atoms with E-state index in [-0.39, 0.29) is 0 Å². The van der Waals surface area contributed by atoms with E-state index in [9.17, 15) is 0 Å². The molecule has 5 nitrogen and oxygen atoms in total. The second-order valence-electron chi connectivity index (χ2n) is 12.0. The number of benzene rings is 4. The molecule has 7 rings (SSSR count). The Morgan fingerprint density at radius 1 is 0.733 bits per heavy atom. The van der Waals surface area contributed by atoms with Gasteiger partial charge in [0.15, 0.2) is 0 Å². The van der Waals surface area contributed by atoms with Crippen LogP contribution in [0.25, 0.3) is 44.4 Å².